The molecule has 0 aliphatic heterocycles. The van der Waals surface area contributed by atoms with E-state index < -0.39 is 11.9 Å². The van der Waals surface area contributed by atoms with E-state index in [4.69, 9.17) is 9.84 Å². The molecule has 4 heteroatoms. The third kappa shape index (κ3) is 3.05. The number of methoxy groups -OCH3 is 1. The van der Waals surface area contributed by atoms with Crippen LogP contribution in [-0.2, 0) is 10.2 Å². The van der Waals surface area contributed by atoms with Gasteiger partial charge >= 0.3 is 5.97 Å². The summed E-state index contributed by atoms with van der Waals surface area (Å²) in [4.78, 5) is 11.2. The van der Waals surface area contributed by atoms with Crippen molar-refractivity contribution in [3.05, 3.63) is 27.7 Å². The summed E-state index contributed by atoms with van der Waals surface area (Å²) in [5.41, 5.74) is 1.74. The number of carboxylic acid groups (broad SMARTS) is 1. The Labute approximate surface area is 116 Å². The van der Waals surface area contributed by atoms with E-state index in [2.05, 4.69) is 36.7 Å². The van der Waals surface area contributed by atoms with Gasteiger partial charge in [-0.15, -0.1) is 0 Å². The van der Waals surface area contributed by atoms with Crippen LogP contribution >= 0.6 is 15.9 Å². The second-order valence-electron chi connectivity index (χ2n) is 5.39. The van der Waals surface area contributed by atoms with E-state index in [1.165, 1.54) is 0 Å². The molecule has 0 aromatic heterocycles. The molecule has 3 nitrogen and oxygen atoms in total. The van der Waals surface area contributed by atoms with Crippen molar-refractivity contribution in [2.45, 2.75) is 39.0 Å². The highest BCUT2D eigenvalue weighted by molar-refractivity contribution is 9.10. The Morgan fingerprint density at radius 1 is 1.39 bits per heavy atom. The molecule has 1 N–H and O–H groups in total. The molecule has 18 heavy (non-hydrogen) atoms. The summed E-state index contributed by atoms with van der Waals surface area (Å²) in [6.45, 7) is 7.95. The maximum atomic E-state index is 11.2. The molecular weight excluding hydrogens is 296 g/mol. The summed E-state index contributed by atoms with van der Waals surface area (Å²) in [5.74, 6) is -0.859. The van der Waals surface area contributed by atoms with Crippen LogP contribution in [0.15, 0.2) is 16.6 Å². The van der Waals surface area contributed by atoms with Gasteiger partial charge in [0.25, 0.3) is 0 Å². The highest BCUT2D eigenvalue weighted by Crippen LogP contribution is 2.38. The smallest absolute Gasteiger partial charge is 0.310 e. The van der Waals surface area contributed by atoms with Crippen LogP contribution in [0.2, 0.25) is 0 Å². The molecular formula is C14H19BrO3. The molecule has 100 valence electrons. The summed E-state index contributed by atoms with van der Waals surface area (Å²) in [6.07, 6.45) is 0. The topological polar surface area (TPSA) is 46.5 Å². The lowest BCUT2D eigenvalue weighted by Gasteiger charge is -2.23. The molecule has 1 atom stereocenters. The highest BCUT2D eigenvalue weighted by atomic mass is 79.9. The second kappa shape index (κ2) is 5.31. The summed E-state index contributed by atoms with van der Waals surface area (Å²) in [7, 11) is 1.55. The van der Waals surface area contributed by atoms with Gasteiger partial charge in [0.2, 0.25) is 0 Å². The summed E-state index contributed by atoms with van der Waals surface area (Å²) < 4.78 is 6.10. The predicted molar refractivity (Wildman–Crippen MR) is 75.4 cm³/mol. The molecule has 1 unspecified atom stereocenters. The van der Waals surface area contributed by atoms with E-state index >= 15 is 0 Å². The van der Waals surface area contributed by atoms with E-state index in [9.17, 15) is 4.79 Å². The van der Waals surface area contributed by atoms with Crippen molar-refractivity contribution in [1.82, 2.24) is 0 Å². The largest absolute Gasteiger partial charge is 0.495 e. The SMILES string of the molecule is COc1c(Br)cc(C(C)(C)C)cc1C(C)C(=O)O. The third-order valence-electron chi connectivity index (χ3n) is 2.98. The fraction of sp³-hybridized carbons (Fsp3) is 0.500. The van der Waals surface area contributed by atoms with Gasteiger partial charge in [0, 0.05) is 5.56 Å². The number of hydrogen-bond acceptors (Lipinski definition) is 2. The Hall–Kier alpha value is -1.03. The third-order valence-corrected chi connectivity index (χ3v) is 3.57. The van der Waals surface area contributed by atoms with Gasteiger partial charge in [0.05, 0.1) is 17.5 Å². The number of ether oxygens (including phenoxy) is 1. The van der Waals surface area contributed by atoms with Crippen LogP contribution in [0.5, 0.6) is 5.75 Å². The zero-order valence-electron chi connectivity index (χ0n) is 11.4. The molecule has 1 rings (SSSR count). The van der Waals surface area contributed by atoms with Crippen LogP contribution < -0.4 is 4.74 Å². The molecule has 1 aromatic rings. The Kier molecular flexibility index (Phi) is 4.43. The highest BCUT2D eigenvalue weighted by Gasteiger charge is 2.24. The predicted octanol–water partition coefficient (Wildman–Crippen LogP) is 3.94. The maximum absolute atomic E-state index is 11.2. The number of aliphatic carboxylic acids is 1. The molecule has 0 fully saturated rings. The zero-order valence-corrected chi connectivity index (χ0v) is 13.0. The van der Waals surface area contributed by atoms with E-state index in [0.717, 1.165) is 10.0 Å². The lowest BCUT2D eigenvalue weighted by atomic mass is 9.84. The van der Waals surface area contributed by atoms with Crippen molar-refractivity contribution in [2.75, 3.05) is 7.11 Å². The van der Waals surface area contributed by atoms with Gasteiger partial charge < -0.3 is 9.84 Å². The van der Waals surface area contributed by atoms with Crippen LogP contribution in [0.4, 0.5) is 0 Å². The van der Waals surface area contributed by atoms with Crippen molar-refractivity contribution >= 4 is 21.9 Å². The molecule has 1 aromatic carbocycles. The molecule has 0 saturated carbocycles. The van der Waals surface area contributed by atoms with Gasteiger partial charge in [-0.2, -0.15) is 0 Å². The number of carbonyl (C=O) groups is 1. The minimum Gasteiger partial charge on any atom is -0.495 e. The van der Waals surface area contributed by atoms with Crippen molar-refractivity contribution in [2.24, 2.45) is 0 Å². The molecule has 0 spiro atoms. The van der Waals surface area contributed by atoms with Gasteiger partial charge in [-0.3, -0.25) is 4.79 Å². The van der Waals surface area contributed by atoms with Gasteiger partial charge in [-0.25, -0.2) is 0 Å². The number of halogens is 1. The second-order valence-corrected chi connectivity index (χ2v) is 6.24. The molecule has 0 heterocycles. The lowest BCUT2D eigenvalue weighted by Crippen LogP contribution is -2.15. The van der Waals surface area contributed by atoms with E-state index in [1.807, 2.05) is 12.1 Å². The number of rotatable bonds is 3. The number of hydrogen-bond donors (Lipinski definition) is 1. The molecule has 0 radical (unpaired) electrons. The molecule has 0 bridgehead atoms. The first-order chi connectivity index (χ1) is 8.18. The fourth-order valence-corrected chi connectivity index (χ4v) is 2.36. The minimum atomic E-state index is -0.855. The Morgan fingerprint density at radius 3 is 2.33 bits per heavy atom. The van der Waals surface area contributed by atoms with Crippen LogP contribution in [0.1, 0.15) is 44.7 Å². The first kappa shape index (κ1) is 15.0. The van der Waals surface area contributed by atoms with Crippen molar-refractivity contribution < 1.29 is 14.6 Å². The Balaban J connectivity index is 3.46. The quantitative estimate of drug-likeness (QED) is 0.919. The molecule has 0 amide bonds. The molecule has 0 aliphatic rings. The monoisotopic (exact) mass is 314 g/mol. The van der Waals surface area contributed by atoms with Crippen LogP contribution in [0.3, 0.4) is 0 Å². The number of carboxylic acids is 1. The summed E-state index contributed by atoms with van der Waals surface area (Å²) in [5, 5.41) is 9.17. The number of benzene rings is 1. The average Bonchev–Trinajstić information content (AvgIpc) is 2.25. The van der Waals surface area contributed by atoms with Crippen LogP contribution in [0.25, 0.3) is 0 Å². The van der Waals surface area contributed by atoms with Gasteiger partial charge in [-0.1, -0.05) is 26.8 Å². The Bertz CT molecular complexity index is 461. The van der Waals surface area contributed by atoms with Crippen LogP contribution in [0, 0.1) is 0 Å². The van der Waals surface area contributed by atoms with Crippen LogP contribution in [-0.4, -0.2) is 18.2 Å². The van der Waals surface area contributed by atoms with Crippen molar-refractivity contribution in [3.8, 4) is 5.75 Å². The maximum Gasteiger partial charge on any atom is 0.310 e. The van der Waals surface area contributed by atoms with Gasteiger partial charge in [0.15, 0.2) is 0 Å². The normalized spacial score (nSPS) is 13.2. The van der Waals surface area contributed by atoms with E-state index in [-0.39, 0.29) is 5.41 Å². The first-order valence-corrected chi connectivity index (χ1v) is 6.58. The zero-order chi connectivity index (χ0) is 14.1. The lowest BCUT2D eigenvalue weighted by molar-refractivity contribution is -0.138. The first-order valence-electron chi connectivity index (χ1n) is 5.79. The molecule has 0 aliphatic carbocycles. The van der Waals surface area contributed by atoms with Gasteiger partial charge in [0.1, 0.15) is 5.75 Å². The van der Waals surface area contributed by atoms with E-state index in [1.54, 1.807) is 14.0 Å². The van der Waals surface area contributed by atoms with Gasteiger partial charge in [-0.05, 0) is 39.9 Å². The average molecular weight is 315 g/mol. The molecule has 0 saturated heterocycles. The van der Waals surface area contributed by atoms with E-state index in [0.29, 0.717) is 11.3 Å². The summed E-state index contributed by atoms with van der Waals surface area (Å²) >= 11 is 3.45. The summed E-state index contributed by atoms with van der Waals surface area (Å²) in [6, 6.07) is 3.90. The Morgan fingerprint density at radius 2 is 1.94 bits per heavy atom. The van der Waals surface area contributed by atoms with Crippen molar-refractivity contribution in [3.63, 3.8) is 0 Å². The van der Waals surface area contributed by atoms with Crippen molar-refractivity contribution in [1.29, 1.82) is 0 Å². The standard InChI is InChI=1S/C14H19BrO3/c1-8(13(16)17)10-6-9(14(2,3)4)7-11(15)12(10)18-5/h6-8H,1-5H3,(H,16,17). The minimum absolute atomic E-state index is 0.0399. The fourth-order valence-electron chi connectivity index (χ4n) is 1.72.